The van der Waals surface area contributed by atoms with Crippen LogP contribution in [0.5, 0.6) is 0 Å². The van der Waals surface area contributed by atoms with E-state index in [1.807, 2.05) is 30.3 Å². The first-order valence-corrected chi connectivity index (χ1v) is 8.63. The number of hydrogen-bond donors (Lipinski definition) is 1. The summed E-state index contributed by atoms with van der Waals surface area (Å²) in [7, 11) is 0. The van der Waals surface area contributed by atoms with E-state index in [1.165, 1.54) is 0 Å². The number of amides is 2. The van der Waals surface area contributed by atoms with Gasteiger partial charge >= 0.3 is 0 Å². The number of nitrogens with zero attached hydrogens (tertiary/aromatic N) is 2. The van der Waals surface area contributed by atoms with Gasteiger partial charge in [-0.25, -0.2) is 0 Å². The Hall–Kier alpha value is -2.63. The topological polar surface area (TPSA) is 75.4 Å². The number of carbonyl (C=O) groups is 2. The summed E-state index contributed by atoms with van der Waals surface area (Å²) in [6, 6.07) is 11.5. The first-order valence-electron chi connectivity index (χ1n) is 8.63. The van der Waals surface area contributed by atoms with Gasteiger partial charge in [-0.2, -0.15) is 0 Å². The van der Waals surface area contributed by atoms with Gasteiger partial charge in [0.25, 0.3) is 0 Å². The Kier molecular flexibility index (Phi) is 7.19. The molecular formula is C19H25N3O3. The maximum atomic E-state index is 12.5. The molecule has 0 fully saturated rings. The van der Waals surface area contributed by atoms with Crippen molar-refractivity contribution in [1.29, 1.82) is 0 Å². The molecule has 1 heterocycles. The summed E-state index contributed by atoms with van der Waals surface area (Å²) in [4.78, 5) is 26.3. The second kappa shape index (κ2) is 9.61. The van der Waals surface area contributed by atoms with Crippen molar-refractivity contribution >= 4 is 17.6 Å². The fourth-order valence-electron chi connectivity index (χ4n) is 2.48. The summed E-state index contributed by atoms with van der Waals surface area (Å²) >= 11 is 0. The van der Waals surface area contributed by atoms with Crippen LogP contribution in [0.1, 0.15) is 37.5 Å². The first-order chi connectivity index (χ1) is 12.1. The van der Waals surface area contributed by atoms with Crippen molar-refractivity contribution in [2.75, 3.05) is 18.4 Å². The highest BCUT2D eigenvalue weighted by molar-refractivity contribution is 5.93. The third-order valence-corrected chi connectivity index (χ3v) is 3.83. The summed E-state index contributed by atoms with van der Waals surface area (Å²) in [5.74, 6) is 0.716. The average Bonchev–Trinajstić information content (AvgIpc) is 3.02. The fraction of sp³-hybridized carbons (Fsp3) is 0.421. The molecule has 0 aliphatic carbocycles. The van der Waals surface area contributed by atoms with Crippen molar-refractivity contribution < 1.29 is 14.1 Å². The van der Waals surface area contributed by atoms with Crippen LogP contribution in [0.25, 0.3) is 0 Å². The van der Waals surface area contributed by atoms with Crippen LogP contribution in [0.4, 0.5) is 5.82 Å². The SMILES string of the molecule is CCCCN(CC(=O)Nc1cc(C)on1)C(=O)CCc1ccccc1. The van der Waals surface area contributed by atoms with Crippen LogP contribution in [-0.2, 0) is 16.0 Å². The summed E-state index contributed by atoms with van der Waals surface area (Å²) in [6.07, 6.45) is 2.90. The van der Waals surface area contributed by atoms with Gasteiger partial charge in [0, 0.05) is 19.0 Å². The molecule has 0 unspecified atom stereocenters. The molecule has 1 N–H and O–H groups in total. The minimum atomic E-state index is -0.266. The van der Waals surface area contributed by atoms with Crippen molar-refractivity contribution in [3.05, 3.63) is 47.7 Å². The smallest absolute Gasteiger partial charge is 0.245 e. The van der Waals surface area contributed by atoms with Crippen LogP contribution in [0.2, 0.25) is 0 Å². The van der Waals surface area contributed by atoms with E-state index in [9.17, 15) is 9.59 Å². The molecule has 25 heavy (non-hydrogen) atoms. The predicted molar refractivity (Wildman–Crippen MR) is 96.1 cm³/mol. The van der Waals surface area contributed by atoms with E-state index in [0.29, 0.717) is 31.0 Å². The monoisotopic (exact) mass is 343 g/mol. The molecule has 1 aromatic heterocycles. The lowest BCUT2D eigenvalue weighted by molar-refractivity contribution is -0.134. The summed E-state index contributed by atoms with van der Waals surface area (Å²) < 4.78 is 4.93. The molecule has 0 radical (unpaired) electrons. The Morgan fingerprint density at radius 3 is 2.64 bits per heavy atom. The number of anilines is 1. The van der Waals surface area contributed by atoms with Crippen LogP contribution in [-0.4, -0.2) is 35.0 Å². The van der Waals surface area contributed by atoms with Crippen LogP contribution < -0.4 is 5.32 Å². The molecule has 0 saturated carbocycles. The van der Waals surface area contributed by atoms with Gasteiger partial charge in [0.15, 0.2) is 5.82 Å². The van der Waals surface area contributed by atoms with Crippen LogP contribution in [0.15, 0.2) is 40.9 Å². The molecule has 2 aromatic rings. The molecule has 0 bridgehead atoms. The quantitative estimate of drug-likeness (QED) is 0.759. The molecule has 1 aromatic carbocycles. The molecular weight excluding hydrogens is 318 g/mol. The number of aryl methyl sites for hydroxylation is 2. The van der Waals surface area contributed by atoms with Gasteiger partial charge in [-0.05, 0) is 25.3 Å². The summed E-state index contributed by atoms with van der Waals surface area (Å²) in [5.41, 5.74) is 1.12. The van der Waals surface area contributed by atoms with E-state index in [-0.39, 0.29) is 18.4 Å². The Labute approximate surface area is 148 Å². The molecule has 134 valence electrons. The number of aromatic nitrogens is 1. The van der Waals surface area contributed by atoms with Gasteiger partial charge in [-0.15, -0.1) is 0 Å². The molecule has 2 rings (SSSR count). The number of rotatable bonds is 9. The summed E-state index contributed by atoms with van der Waals surface area (Å²) in [5, 5.41) is 6.40. The Bertz CT molecular complexity index is 682. The fourth-order valence-corrected chi connectivity index (χ4v) is 2.48. The molecule has 6 nitrogen and oxygen atoms in total. The van der Waals surface area contributed by atoms with Gasteiger partial charge < -0.3 is 14.7 Å². The van der Waals surface area contributed by atoms with Crippen molar-refractivity contribution in [1.82, 2.24) is 10.1 Å². The zero-order valence-corrected chi connectivity index (χ0v) is 14.8. The van der Waals surface area contributed by atoms with Gasteiger partial charge in [0.2, 0.25) is 11.8 Å². The van der Waals surface area contributed by atoms with E-state index in [0.717, 1.165) is 18.4 Å². The minimum Gasteiger partial charge on any atom is -0.360 e. The number of hydrogen-bond acceptors (Lipinski definition) is 4. The lowest BCUT2D eigenvalue weighted by atomic mass is 10.1. The molecule has 2 amide bonds. The molecule has 6 heteroatoms. The van der Waals surface area contributed by atoms with Gasteiger partial charge in [-0.3, -0.25) is 9.59 Å². The molecule has 0 saturated heterocycles. The zero-order valence-electron chi connectivity index (χ0n) is 14.8. The number of carbonyl (C=O) groups excluding carboxylic acids is 2. The second-order valence-corrected chi connectivity index (χ2v) is 6.03. The van der Waals surface area contributed by atoms with E-state index in [4.69, 9.17) is 4.52 Å². The molecule has 0 aliphatic rings. The molecule has 0 aliphatic heterocycles. The lowest BCUT2D eigenvalue weighted by Crippen LogP contribution is -2.38. The maximum Gasteiger partial charge on any atom is 0.245 e. The highest BCUT2D eigenvalue weighted by atomic mass is 16.5. The minimum absolute atomic E-state index is 0.0104. The third kappa shape index (κ3) is 6.41. The van der Waals surface area contributed by atoms with Crippen LogP contribution in [0, 0.1) is 6.92 Å². The highest BCUT2D eigenvalue weighted by Crippen LogP contribution is 2.09. The number of unbranched alkanes of at least 4 members (excludes halogenated alkanes) is 1. The highest BCUT2D eigenvalue weighted by Gasteiger charge is 2.17. The second-order valence-electron chi connectivity index (χ2n) is 6.03. The Morgan fingerprint density at radius 2 is 2.00 bits per heavy atom. The lowest BCUT2D eigenvalue weighted by Gasteiger charge is -2.22. The standard InChI is InChI=1S/C19H25N3O3/c1-3-4-12-22(14-18(23)20-17-13-15(2)25-21-17)19(24)11-10-16-8-6-5-7-9-16/h5-9,13H,3-4,10-12,14H2,1-2H3,(H,20,21,23). The van der Waals surface area contributed by atoms with Crippen molar-refractivity contribution in [2.24, 2.45) is 0 Å². The van der Waals surface area contributed by atoms with Crippen LogP contribution >= 0.6 is 0 Å². The third-order valence-electron chi connectivity index (χ3n) is 3.83. The van der Waals surface area contributed by atoms with E-state index in [2.05, 4.69) is 17.4 Å². The largest absolute Gasteiger partial charge is 0.360 e. The van der Waals surface area contributed by atoms with Crippen LogP contribution in [0.3, 0.4) is 0 Å². The van der Waals surface area contributed by atoms with E-state index in [1.54, 1.807) is 17.9 Å². The molecule has 0 atom stereocenters. The molecule has 0 spiro atoms. The maximum absolute atomic E-state index is 12.5. The number of benzene rings is 1. The predicted octanol–water partition coefficient (Wildman–Crippen LogP) is 3.18. The van der Waals surface area contributed by atoms with Crippen molar-refractivity contribution in [3.8, 4) is 0 Å². The van der Waals surface area contributed by atoms with Crippen molar-refractivity contribution in [3.63, 3.8) is 0 Å². The average molecular weight is 343 g/mol. The number of nitrogens with one attached hydrogen (secondary N) is 1. The van der Waals surface area contributed by atoms with Crippen molar-refractivity contribution in [2.45, 2.75) is 39.5 Å². The van der Waals surface area contributed by atoms with E-state index >= 15 is 0 Å². The zero-order chi connectivity index (χ0) is 18.1. The normalized spacial score (nSPS) is 10.5. The van der Waals surface area contributed by atoms with E-state index < -0.39 is 0 Å². The van der Waals surface area contributed by atoms with Gasteiger partial charge in [-0.1, -0.05) is 48.8 Å². The van der Waals surface area contributed by atoms with Gasteiger partial charge in [0.1, 0.15) is 5.76 Å². The Morgan fingerprint density at radius 1 is 1.24 bits per heavy atom. The summed E-state index contributed by atoms with van der Waals surface area (Å²) in [6.45, 7) is 4.42. The Balaban J connectivity index is 1.89. The first kappa shape index (κ1) is 18.7. The van der Waals surface area contributed by atoms with Gasteiger partial charge in [0.05, 0.1) is 6.54 Å².